The Morgan fingerprint density at radius 2 is 2.27 bits per heavy atom. The van der Waals surface area contributed by atoms with Gasteiger partial charge in [-0.25, -0.2) is 9.45 Å². The van der Waals surface area contributed by atoms with Crippen LogP contribution in [0.4, 0.5) is 4.39 Å². The zero-order chi connectivity index (χ0) is 11.4. The lowest BCUT2D eigenvalue weighted by molar-refractivity contribution is -0.0759. The highest BCUT2D eigenvalue weighted by molar-refractivity contribution is 6.17. The summed E-state index contributed by atoms with van der Waals surface area (Å²) in [6.07, 6.45) is 0. The van der Waals surface area contributed by atoms with Crippen molar-refractivity contribution < 1.29 is 14.0 Å². The first-order valence-electron chi connectivity index (χ1n) is 4.27. The lowest BCUT2D eigenvalue weighted by atomic mass is 10.1. The Kier molecular flexibility index (Phi) is 4.05. The predicted molar refractivity (Wildman–Crippen MR) is 55.1 cm³/mol. The Hall–Kier alpha value is -1.13. The molecule has 0 aliphatic carbocycles. The predicted octanol–water partition coefficient (Wildman–Crippen LogP) is 2.20. The monoisotopic (exact) mass is 231 g/mol. The molecule has 1 amide bonds. The molecule has 1 aromatic rings. The van der Waals surface area contributed by atoms with Gasteiger partial charge in [-0.3, -0.25) is 9.63 Å². The van der Waals surface area contributed by atoms with Gasteiger partial charge >= 0.3 is 0 Å². The van der Waals surface area contributed by atoms with Gasteiger partial charge in [-0.15, -0.1) is 11.6 Å². The second-order valence-electron chi connectivity index (χ2n) is 2.90. The van der Waals surface area contributed by atoms with Gasteiger partial charge in [-0.1, -0.05) is 12.1 Å². The van der Waals surface area contributed by atoms with Gasteiger partial charge in [0.25, 0.3) is 5.91 Å². The van der Waals surface area contributed by atoms with E-state index in [9.17, 15) is 9.18 Å². The minimum Gasteiger partial charge on any atom is -0.274 e. The van der Waals surface area contributed by atoms with Crippen molar-refractivity contribution in [1.29, 1.82) is 0 Å². The standard InChI is InChI=1S/C10H11ClFNO2/c1-13(15-2)10(14)8-5-3-4-7(6-11)9(8)12/h3-5H,6H2,1-2H3. The summed E-state index contributed by atoms with van der Waals surface area (Å²) in [5.74, 6) is -1.10. The molecule has 0 saturated heterocycles. The molecular weight excluding hydrogens is 221 g/mol. The molecule has 0 fully saturated rings. The number of hydrogen-bond acceptors (Lipinski definition) is 2. The molecule has 82 valence electrons. The summed E-state index contributed by atoms with van der Waals surface area (Å²) < 4.78 is 13.6. The zero-order valence-electron chi connectivity index (χ0n) is 8.46. The van der Waals surface area contributed by atoms with Gasteiger partial charge in [0.15, 0.2) is 0 Å². The van der Waals surface area contributed by atoms with Crippen LogP contribution in [-0.4, -0.2) is 25.1 Å². The first-order chi connectivity index (χ1) is 7.11. The fourth-order valence-corrected chi connectivity index (χ4v) is 1.31. The van der Waals surface area contributed by atoms with Gasteiger partial charge in [0.2, 0.25) is 0 Å². The minimum atomic E-state index is -0.596. The van der Waals surface area contributed by atoms with Crippen LogP contribution < -0.4 is 0 Å². The molecule has 0 N–H and O–H groups in total. The Labute approximate surface area is 92.3 Å². The third kappa shape index (κ3) is 2.46. The lowest BCUT2D eigenvalue weighted by Crippen LogP contribution is -2.26. The molecule has 0 spiro atoms. The van der Waals surface area contributed by atoms with Crippen LogP contribution in [0.2, 0.25) is 0 Å². The van der Waals surface area contributed by atoms with Gasteiger partial charge in [-0.2, -0.15) is 0 Å². The maximum absolute atomic E-state index is 13.6. The highest BCUT2D eigenvalue weighted by atomic mass is 35.5. The van der Waals surface area contributed by atoms with E-state index < -0.39 is 11.7 Å². The molecule has 1 aromatic carbocycles. The Morgan fingerprint density at radius 1 is 1.60 bits per heavy atom. The van der Waals surface area contributed by atoms with Crippen molar-refractivity contribution in [2.45, 2.75) is 5.88 Å². The molecule has 0 unspecified atom stereocenters. The number of rotatable bonds is 3. The van der Waals surface area contributed by atoms with Crippen molar-refractivity contribution in [1.82, 2.24) is 5.06 Å². The third-order valence-corrected chi connectivity index (χ3v) is 2.30. The molecule has 3 nitrogen and oxygen atoms in total. The number of hydrogen-bond donors (Lipinski definition) is 0. The number of carbonyl (C=O) groups excluding carboxylic acids is 1. The van der Waals surface area contributed by atoms with Gasteiger partial charge in [0.1, 0.15) is 5.82 Å². The summed E-state index contributed by atoms with van der Waals surface area (Å²) >= 11 is 5.53. The van der Waals surface area contributed by atoms with Gasteiger partial charge in [-0.05, 0) is 6.07 Å². The first kappa shape index (κ1) is 11.9. The van der Waals surface area contributed by atoms with E-state index in [1.165, 1.54) is 26.3 Å². The molecule has 0 radical (unpaired) electrons. The first-order valence-corrected chi connectivity index (χ1v) is 4.80. The molecule has 0 bridgehead atoms. The van der Waals surface area contributed by atoms with Crippen LogP contribution in [0.5, 0.6) is 0 Å². The van der Waals surface area contributed by atoms with E-state index in [0.29, 0.717) is 5.56 Å². The molecule has 0 heterocycles. The van der Waals surface area contributed by atoms with Crippen LogP contribution >= 0.6 is 11.6 Å². The number of amides is 1. The molecule has 0 saturated carbocycles. The third-order valence-electron chi connectivity index (χ3n) is 2.01. The quantitative estimate of drug-likeness (QED) is 0.590. The Balaban J connectivity index is 3.09. The normalized spacial score (nSPS) is 10.1. The average Bonchev–Trinajstić information content (AvgIpc) is 2.27. The van der Waals surface area contributed by atoms with Crippen molar-refractivity contribution >= 4 is 17.5 Å². The van der Waals surface area contributed by atoms with E-state index in [2.05, 4.69) is 4.84 Å². The number of carbonyl (C=O) groups is 1. The summed E-state index contributed by atoms with van der Waals surface area (Å²) in [6.45, 7) is 0. The largest absolute Gasteiger partial charge is 0.280 e. The van der Waals surface area contributed by atoms with E-state index in [1.807, 2.05) is 0 Å². The topological polar surface area (TPSA) is 29.5 Å². The Bertz CT molecular complexity index is 370. The van der Waals surface area contributed by atoms with Crippen LogP contribution in [0.25, 0.3) is 0 Å². The molecular formula is C10H11ClFNO2. The van der Waals surface area contributed by atoms with E-state index in [-0.39, 0.29) is 11.4 Å². The fourth-order valence-electron chi connectivity index (χ4n) is 1.10. The minimum absolute atomic E-state index is 0.0314. The molecule has 0 aliphatic rings. The van der Waals surface area contributed by atoms with Crippen molar-refractivity contribution in [2.24, 2.45) is 0 Å². The van der Waals surface area contributed by atoms with Crippen molar-refractivity contribution in [3.8, 4) is 0 Å². The van der Waals surface area contributed by atoms with E-state index in [4.69, 9.17) is 11.6 Å². The summed E-state index contributed by atoms with van der Waals surface area (Å²) in [7, 11) is 2.75. The van der Waals surface area contributed by atoms with Crippen LogP contribution in [-0.2, 0) is 10.7 Å². The highest BCUT2D eigenvalue weighted by Gasteiger charge is 2.17. The molecule has 0 aromatic heterocycles. The number of benzene rings is 1. The van der Waals surface area contributed by atoms with Crippen molar-refractivity contribution in [3.05, 3.63) is 35.1 Å². The number of halogens is 2. The smallest absolute Gasteiger partial charge is 0.274 e. The van der Waals surface area contributed by atoms with Gasteiger partial charge < -0.3 is 0 Å². The molecule has 1 rings (SSSR count). The average molecular weight is 232 g/mol. The van der Waals surface area contributed by atoms with E-state index in [1.54, 1.807) is 6.07 Å². The maximum atomic E-state index is 13.6. The van der Waals surface area contributed by atoms with Crippen LogP contribution in [0, 0.1) is 5.82 Å². The molecule has 15 heavy (non-hydrogen) atoms. The van der Waals surface area contributed by atoms with Crippen LogP contribution in [0.15, 0.2) is 18.2 Å². The van der Waals surface area contributed by atoms with E-state index >= 15 is 0 Å². The maximum Gasteiger partial charge on any atom is 0.280 e. The summed E-state index contributed by atoms with van der Waals surface area (Å²) in [4.78, 5) is 16.3. The zero-order valence-corrected chi connectivity index (χ0v) is 9.21. The lowest BCUT2D eigenvalue weighted by Gasteiger charge is -2.14. The highest BCUT2D eigenvalue weighted by Crippen LogP contribution is 2.16. The van der Waals surface area contributed by atoms with Crippen molar-refractivity contribution in [3.63, 3.8) is 0 Å². The number of alkyl halides is 1. The SMILES string of the molecule is CON(C)C(=O)c1cccc(CCl)c1F. The summed E-state index contributed by atoms with van der Waals surface area (Å²) in [5, 5.41) is 0.955. The number of nitrogens with zero attached hydrogens (tertiary/aromatic N) is 1. The van der Waals surface area contributed by atoms with E-state index in [0.717, 1.165) is 5.06 Å². The molecule has 5 heteroatoms. The molecule has 0 aliphatic heterocycles. The Morgan fingerprint density at radius 3 is 2.80 bits per heavy atom. The summed E-state index contributed by atoms with van der Waals surface area (Å²) in [5.41, 5.74) is 0.254. The number of hydroxylamine groups is 2. The second kappa shape index (κ2) is 5.09. The molecule has 0 atom stereocenters. The van der Waals surface area contributed by atoms with Crippen molar-refractivity contribution in [2.75, 3.05) is 14.2 Å². The fraction of sp³-hybridized carbons (Fsp3) is 0.300. The summed E-state index contributed by atoms with van der Waals surface area (Å²) in [6, 6.07) is 4.51. The second-order valence-corrected chi connectivity index (χ2v) is 3.16. The van der Waals surface area contributed by atoms with Gasteiger partial charge in [0, 0.05) is 12.6 Å². The van der Waals surface area contributed by atoms with Crippen LogP contribution in [0.1, 0.15) is 15.9 Å². The van der Waals surface area contributed by atoms with Gasteiger partial charge in [0.05, 0.1) is 18.6 Å². The van der Waals surface area contributed by atoms with Crippen LogP contribution in [0.3, 0.4) is 0 Å².